The van der Waals surface area contributed by atoms with Gasteiger partial charge in [0.25, 0.3) is 0 Å². The zero-order valence-corrected chi connectivity index (χ0v) is 12.0. The van der Waals surface area contributed by atoms with Crippen LogP contribution in [0.1, 0.15) is 32.8 Å². The van der Waals surface area contributed by atoms with Crippen molar-refractivity contribution in [1.29, 1.82) is 0 Å². The highest BCUT2D eigenvalue weighted by Gasteiger charge is 2.10. The van der Waals surface area contributed by atoms with Gasteiger partial charge in [-0.25, -0.2) is 0 Å². The van der Waals surface area contributed by atoms with Crippen LogP contribution >= 0.6 is 0 Å². The van der Waals surface area contributed by atoms with E-state index in [0.29, 0.717) is 12.0 Å². The first-order chi connectivity index (χ1) is 9.19. The van der Waals surface area contributed by atoms with Gasteiger partial charge in [0.05, 0.1) is 6.54 Å². The van der Waals surface area contributed by atoms with Gasteiger partial charge < -0.3 is 5.32 Å². The topological polar surface area (TPSA) is 29.9 Å². The van der Waals surface area contributed by atoms with E-state index in [1.807, 2.05) is 23.1 Å². The van der Waals surface area contributed by atoms with E-state index in [2.05, 4.69) is 55.5 Å². The number of nitrogens with zero attached hydrogens (tertiary/aromatic N) is 2. The van der Waals surface area contributed by atoms with Crippen molar-refractivity contribution in [3.05, 3.63) is 48.3 Å². The van der Waals surface area contributed by atoms with Crippen molar-refractivity contribution in [3.63, 3.8) is 0 Å². The molecule has 1 unspecified atom stereocenters. The van der Waals surface area contributed by atoms with E-state index in [1.165, 1.54) is 11.3 Å². The molecule has 0 fully saturated rings. The fraction of sp³-hybridized carbons (Fsp3) is 0.438. The fourth-order valence-corrected chi connectivity index (χ4v) is 2.29. The highest BCUT2D eigenvalue weighted by Crippen LogP contribution is 2.17. The van der Waals surface area contributed by atoms with E-state index < -0.39 is 0 Å². The van der Waals surface area contributed by atoms with Crippen molar-refractivity contribution in [2.75, 3.05) is 5.32 Å². The molecule has 102 valence electrons. The molecule has 0 saturated heterocycles. The average Bonchev–Trinajstić information content (AvgIpc) is 2.89. The van der Waals surface area contributed by atoms with Gasteiger partial charge in [0.1, 0.15) is 0 Å². The molecule has 0 spiro atoms. The smallest absolute Gasteiger partial charge is 0.0660 e. The molecule has 2 rings (SSSR count). The minimum absolute atomic E-state index is 0.528. The Morgan fingerprint density at radius 2 is 2.11 bits per heavy atom. The van der Waals surface area contributed by atoms with Crippen LogP contribution in [0.4, 0.5) is 5.69 Å². The molecule has 0 saturated carbocycles. The lowest BCUT2D eigenvalue weighted by Crippen LogP contribution is -2.24. The zero-order valence-electron chi connectivity index (χ0n) is 12.0. The highest BCUT2D eigenvalue weighted by atomic mass is 15.3. The fourth-order valence-electron chi connectivity index (χ4n) is 2.29. The normalized spacial score (nSPS) is 12.6. The van der Waals surface area contributed by atoms with Gasteiger partial charge in [-0.1, -0.05) is 32.9 Å². The molecule has 1 heterocycles. The van der Waals surface area contributed by atoms with Gasteiger partial charge in [0.2, 0.25) is 0 Å². The number of rotatable bonds is 6. The van der Waals surface area contributed by atoms with Gasteiger partial charge in [0, 0.05) is 24.1 Å². The van der Waals surface area contributed by atoms with E-state index in [1.54, 1.807) is 0 Å². The van der Waals surface area contributed by atoms with Crippen LogP contribution in [-0.4, -0.2) is 15.8 Å². The Bertz CT molecular complexity index is 488. The Labute approximate surface area is 115 Å². The lowest BCUT2D eigenvalue weighted by Gasteiger charge is -2.22. The average molecular weight is 257 g/mol. The molecule has 3 heteroatoms. The van der Waals surface area contributed by atoms with E-state index in [9.17, 15) is 0 Å². The van der Waals surface area contributed by atoms with Crippen LogP contribution in [0.25, 0.3) is 0 Å². The van der Waals surface area contributed by atoms with Crippen LogP contribution in [0.15, 0.2) is 42.7 Å². The minimum atomic E-state index is 0.528. The number of hydrogen-bond acceptors (Lipinski definition) is 2. The van der Waals surface area contributed by atoms with Crippen molar-refractivity contribution in [2.24, 2.45) is 5.92 Å². The quantitative estimate of drug-likeness (QED) is 0.853. The van der Waals surface area contributed by atoms with Gasteiger partial charge >= 0.3 is 0 Å². The summed E-state index contributed by atoms with van der Waals surface area (Å²) in [5.41, 5.74) is 2.47. The Morgan fingerprint density at radius 3 is 2.74 bits per heavy atom. The summed E-state index contributed by atoms with van der Waals surface area (Å²) in [5.74, 6) is 0.639. The van der Waals surface area contributed by atoms with Crippen LogP contribution < -0.4 is 5.32 Å². The third-order valence-electron chi connectivity index (χ3n) is 3.43. The van der Waals surface area contributed by atoms with E-state index in [4.69, 9.17) is 0 Å². The van der Waals surface area contributed by atoms with Crippen LogP contribution in [-0.2, 0) is 6.54 Å². The number of hydrogen-bond donors (Lipinski definition) is 1. The monoisotopic (exact) mass is 257 g/mol. The van der Waals surface area contributed by atoms with E-state index in [-0.39, 0.29) is 0 Å². The summed E-state index contributed by atoms with van der Waals surface area (Å²) in [6, 6.07) is 11.1. The maximum atomic E-state index is 4.24. The second kappa shape index (κ2) is 6.41. The van der Waals surface area contributed by atoms with Gasteiger partial charge in [-0.05, 0) is 36.1 Å². The van der Waals surface area contributed by atoms with Crippen molar-refractivity contribution >= 4 is 5.69 Å². The third kappa shape index (κ3) is 3.85. The largest absolute Gasteiger partial charge is 0.382 e. The second-order valence-electron chi connectivity index (χ2n) is 5.31. The van der Waals surface area contributed by atoms with Crippen molar-refractivity contribution in [1.82, 2.24) is 9.78 Å². The Balaban J connectivity index is 2.06. The minimum Gasteiger partial charge on any atom is -0.382 e. The van der Waals surface area contributed by atoms with Crippen LogP contribution in [0.3, 0.4) is 0 Å². The number of anilines is 1. The molecule has 0 radical (unpaired) electrons. The molecule has 0 amide bonds. The molecule has 2 aromatic rings. The van der Waals surface area contributed by atoms with E-state index in [0.717, 1.165) is 13.0 Å². The molecule has 19 heavy (non-hydrogen) atoms. The summed E-state index contributed by atoms with van der Waals surface area (Å²) in [5, 5.41) is 7.86. The van der Waals surface area contributed by atoms with Gasteiger partial charge in [-0.3, -0.25) is 4.68 Å². The van der Waals surface area contributed by atoms with Crippen LogP contribution in [0.5, 0.6) is 0 Å². The molecule has 1 N–H and O–H groups in total. The molecule has 0 aliphatic rings. The van der Waals surface area contributed by atoms with Crippen molar-refractivity contribution < 1.29 is 0 Å². The summed E-state index contributed by atoms with van der Waals surface area (Å²) in [6.45, 7) is 7.57. The molecule has 0 bridgehead atoms. The molecule has 1 aromatic heterocycles. The lowest BCUT2D eigenvalue weighted by atomic mass is 10.0. The molecular formula is C16H23N3. The Hall–Kier alpha value is -1.77. The van der Waals surface area contributed by atoms with Crippen molar-refractivity contribution in [3.8, 4) is 0 Å². The number of nitrogens with one attached hydrogen (secondary N) is 1. The first-order valence-corrected chi connectivity index (χ1v) is 7.02. The standard InChI is InChI=1S/C16H23N3/c1-4-16(13(2)3)18-15-8-5-7-14(11-15)12-19-10-6-9-17-19/h5-11,13,16,18H,4,12H2,1-3H3. The second-order valence-corrected chi connectivity index (χ2v) is 5.31. The van der Waals surface area contributed by atoms with Crippen LogP contribution in [0, 0.1) is 5.92 Å². The molecule has 1 atom stereocenters. The molecular weight excluding hydrogens is 234 g/mol. The summed E-state index contributed by atoms with van der Waals surface area (Å²) in [7, 11) is 0. The first kappa shape index (κ1) is 13.7. The van der Waals surface area contributed by atoms with Crippen molar-refractivity contribution in [2.45, 2.75) is 39.8 Å². The SMILES string of the molecule is CCC(Nc1cccc(Cn2cccn2)c1)C(C)C. The predicted molar refractivity (Wildman–Crippen MR) is 80.3 cm³/mol. The Kier molecular flexibility index (Phi) is 4.61. The number of benzene rings is 1. The molecule has 0 aliphatic heterocycles. The molecule has 1 aromatic carbocycles. The third-order valence-corrected chi connectivity index (χ3v) is 3.43. The van der Waals surface area contributed by atoms with Gasteiger partial charge in [-0.15, -0.1) is 0 Å². The molecule has 0 aliphatic carbocycles. The summed E-state index contributed by atoms with van der Waals surface area (Å²) in [4.78, 5) is 0. The lowest BCUT2D eigenvalue weighted by molar-refractivity contribution is 0.511. The maximum Gasteiger partial charge on any atom is 0.0660 e. The highest BCUT2D eigenvalue weighted by molar-refractivity contribution is 5.46. The zero-order chi connectivity index (χ0) is 13.7. The van der Waals surface area contributed by atoms with Gasteiger partial charge in [-0.2, -0.15) is 5.10 Å². The van der Waals surface area contributed by atoms with Gasteiger partial charge in [0.15, 0.2) is 0 Å². The predicted octanol–water partition coefficient (Wildman–Crippen LogP) is 3.78. The first-order valence-electron chi connectivity index (χ1n) is 7.02. The maximum absolute atomic E-state index is 4.24. The Morgan fingerprint density at radius 1 is 1.26 bits per heavy atom. The molecule has 3 nitrogen and oxygen atoms in total. The van der Waals surface area contributed by atoms with Crippen LogP contribution in [0.2, 0.25) is 0 Å². The summed E-state index contributed by atoms with van der Waals surface area (Å²) >= 11 is 0. The van der Waals surface area contributed by atoms with E-state index >= 15 is 0 Å². The summed E-state index contributed by atoms with van der Waals surface area (Å²) < 4.78 is 1.94. The summed E-state index contributed by atoms with van der Waals surface area (Å²) in [6.07, 6.45) is 4.94. The number of aromatic nitrogens is 2.